The van der Waals surface area contributed by atoms with Gasteiger partial charge >= 0.3 is 0 Å². The van der Waals surface area contributed by atoms with Crippen molar-refractivity contribution >= 4 is 22.6 Å². The average Bonchev–Trinajstić information content (AvgIpc) is 3.37. The number of anilines is 1. The molecule has 6 rings (SSSR count). The minimum atomic E-state index is -1.58. The molecule has 1 heterocycles. The summed E-state index contributed by atoms with van der Waals surface area (Å²) < 4.78 is 24.9. The molecule has 0 saturated heterocycles. The van der Waals surface area contributed by atoms with Crippen molar-refractivity contribution in [3.05, 3.63) is 114 Å². The topological polar surface area (TPSA) is 81.2 Å². The average molecular weight is 603 g/mol. The number of amides is 1. The summed E-state index contributed by atoms with van der Waals surface area (Å²) in [6.45, 7) is 8.94. The van der Waals surface area contributed by atoms with Gasteiger partial charge in [-0.3, -0.25) is 4.79 Å². The second-order valence-electron chi connectivity index (χ2n) is 11.5. The minimum Gasteiger partial charge on any atom is -0.337 e. The summed E-state index contributed by atoms with van der Waals surface area (Å²) in [4.78, 5) is 20.8. The molecule has 1 fully saturated rings. The van der Waals surface area contributed by atoms with Gasteiger partial charge in [0.1, 0.15) is 22.6 Å². The number of nitrogens with two attached hydrogens (primary N) is 1. The molecule has 0 aliphatic heterocycles. The first kappa shape index (κ1) is 32.3. The van der Waals surface area contributed by atoms with Crippen LogP contribution < -0.4 is 10.0 Å². The number of halogens is 1. The first-order chi connectivity index (χ1) is 20.7. The Morgan fingerprint density at radius 3 is 2.33 bits per heavy atom. The molecule has 2 aliphatic rings. The number of aromatic nitrogens is 2. The molecule has 3 atom stereocenters. The van der Waals surface area contributed by atoms with Crippen LogP contribution in [0.3, 0.4) is 0 Å². The van der Waals surface area contributed by atoms with Crippen molar-refractivity contribution in [2.75, 3.05) is 4.90 Å². The van der Waals surface area contributed by atoms with Gasteiger partial charge in [-0.15, -0.1) is 0 Å². The molecular formula is C35H43FN4O2S. The van der Waals surface area contributed by atoms with Crippen LogP contribution in [0.25, 0.3) is 0 Å². The van der Waals surface area contributed by atoms with E-state index in [1.54, 1.807) is 6.20 Å². The third-order valence-corrected chi connectivity index (χ3v) is 9.13. The molecule has 3 aromatic carbocycles. The van der Waals surface area contributed by atoms with E-state index >= 15 is 0 Å². The van der Waals surface area contributed by atoms with Crippen LogP contribution in [0.4, 0.5) is 10.1 Å². The highest BCUT2D eigenvalue weighted by molar-refractivity contribution is 7.82. The van der Waals surface area contributed by atoms with Crippen molar-refractivity contribution < 1.29 is 13.4 Å². The molecule has 3 unspecified atom stereocenters. The summed E-state index contributed by atoms with van der Waals surface area (Å²) in [5, 5.41) is 4.99. The number of imidazole rings is 1. The summed E-state index contributed by atoms with van der Waals surface area (Å²) in [5.74, 6) is 0.920. The molecule has 2 N–H and O–H groups in total. The Labute approximate surface area is 257 Å². The zero-order valence-corrected chi connectivity index (χ0v) is 26.6. The molecule has 0 bridgehead atoms. The van der Waals surface area contributed by atoms with E-state index in [0.29, 0.717) is 11.4 Å². The van der Waals surface area contributed by atoms with E-state index in [2.05, 4.69) is 61.3 Å². The lowest BCUT2D eigenvalue weighted by Gasteiger charge is -2.26. The number of carbonyl (C=O) groups excluding carboxylic acids is 1. The van der Waals surface area contributed by atoms with Gasteiger partial charge in [-0.05, 0) is 78.1 Å². The van der Waals surface area contributed by atoms with Gasteiger partial charge in [0.05, 0.1) is 17.4 Å². The Hall–Kier alpha value is -3.62. The molecule has 1 aromatic heterocycles. The van der Waals surface area contributed by atoms with Gasteiger partial charge in [0.15, 0.2) is 0 Å². The molecule has 0 radical (unpaired) electrons. The van der Waals surface area contributed by atoms with E-state index in [0.717, 1.165) is 30.4 Å². The highest BCUT2D eigenvalue weighted by Crippen LogP contribution is 2.65. The van der Waals surface area contributed by atoms with Gasteiger partial charge in [-0.25, -0.2) is 18.7 Å². The van der Waals surface area contributed by atoms with Crippen LogP contribution in [0, 0.1) is 17.2 Å². The fraction of sp³-hybridized carbons (Fsp3) is 0.371. The number of hydrogen-bond acceptors (Lipinski definition) is 3. The fourth-order valence-corrected chi connectivity index (χ4v) is 6.46. The number of nitrogens with zero attached hydrogens (tertiary/aromatic N) is 3. The van der Waals surface area contributed by atoms with Crippen LogP contribution >= 0.6 is 0 Å². The standard InChI is InChI=1S/C27H31N3O.C6H6FNOS.C2H6/c1-27(2)24(20-10-5-4-6-11-20)25(27)26(31)30(18-23-28-15-16-29(23)3)22-14-13-19-9-7-8-12-21(19)17-22;7-5-2-1-3-6(4-5)10(8)9;1-2/h4-6,10-11,13-17,24-25H,7-9,12,18H2,1-3H3;1-4H,8H2;1-2H3. The lowest BCUT2D eigenvalue weighted by molar-refractivity contribution is -0.120. The molecule has 2 aliphatic carbocycles. The summed E-state index contributed by atoms with van der Waals surface area (Å²) >= 11 is 0. The van der Waals surface area contributed by atoms with Gasteiger partial charge in [0.2, 0.25) is 5.91 Å². The summed E-state index contributed by atoms with van der Waals surface area (Å²) in [7, 11) is 0.413. The SMILES string of the molecule is CC.Cn1ccnc1CN(C(=O)C1C(c2ccccc2)C1(C)C)c1ccc2c(c1)CCCC2.NS(=O)c1cccc(F)c1. The second-order valence-corrected chi connectivity index (χ2v) is 12.5. The van der Waals surface area contributed by atoms with Crippen LogP contribution in [0.2, 0.25) is 0 Å². The van der Waals surface area contributed by atoms with Crippen molar-refractivity contribution in [1.29, 1.82) is 0 Å². The number of aryl methyl sites for hydroxylation is 3. The van der Waals surface area contributed by atoms with Crippen molar-refractivity contribution in [1.82, 2.24) is 9.55 Å². The molecule has 6 nitrogen and oxygen atoms in total. The highest BCUT2D eigenvalue weighted by Gasteiger charge is 2.63. The van der Waals surface area contributed by atoms with Crippen molar-refractivity contribution in [3.63, 3.8) is 0 Å². The Bertz CT molecular complexity index is 1550. The maximum Gasteiger partial charge on any atom is 0.231 e. The third kappa shape index (κ3) is 7.48. The van der Waals surface area contributed by atoms with Crippen LogP contribution in [-0.2, 0) is 42.2 Å². The first-order valence-corrected chi connectivity index (χ1v) is 16.2. The molecule has 1 saturated carbocycles. The van der Waals surface area contributed by atoms with E-state index in [-0.39, 0.29) is 23.2 Å². The largest absolute Gasteiger partial charge is 0.337 e. The molecule has 4 aromatic rings. The quantitative estimate of drug-likeness (QED) is 0.256. The van der Waals surface area contributed by atoms with Gasteiger partial charge in [0.25, 0.3) is 0 Å². The zero-order chi connectivity index (χ0) is 31.1. The van der Waals surface area contributed by atoms with Crippen LogP contribution in [0.15, 0.2) is 90.1 Å². The number of carbonyl (C=O) groups is 1. The fourth-order valence-electron chi connectivity index (χ4n) is 6.02. The zero-order valence-electron chi connectivity index (χ0n) is 25.8. The third-order valence-electron chi connectivity index (χ3n) is 8.41. The highest BCUT2D eigenvalue weighted by atomic mass is 32.2. The minimum absolute atomic E-state index is 0.0220. The summed E-state index contributed by atoms with van der Waals surface area (Å²) in [5.41, 5.74) is 5.05. The van der Waals surface area contributed by atoms with E-state index < -0.39 is 16.8 Å². The second kappa shape index (κ2) is 14.2. The first-order valence-electron chi connectivity index (χ1n) is 15.0. The van der Waals surface area contributed by atoms with Gasteiger partial charge in [-0.1, -0.05) is 70.2 Å². The molecule has 1 amide bonds. The Kier molecular flexibility index (Phi) is 10.7. The molecular weight excluding hydrogens is 559 g/mol. The maximum atomic E-state index is 14.0. The number of rotatable bonds is 6. The Morgan fingerprint density at radius 2 is 1.72 bits per heavy atom. The van der Waals surface area contributed by atoms with Gasteiger partial charge in [-0.2, -0.15) is 0 Å². The predicted molar refractivity (Wildman–Crippen MR) is 172 cm³/mol. The molecule has 228 valence electrons. The van der Waals surface area contributed by atoms with E-state index in [9.17, 15) is 13.4 Å². The molecule has 0 spiro atoms. The Morgan fingerprint density at radius 1 is 1.02 bits per heavy atom. The van der Waals surface area contributed by atoms with E-state index in [1.165, 1.54) is 47.7 Å². The van der Waals surface area contributed by atoms with Crippen molar-refractivity contribution in [2.24, 2.45) is 23.5 Å². The summed E-state index contributed by atoms with van der Waals surface area (Å²) in [6.07, 6.45) is 8.49. The molecule has 43 heavy (non-hydrogen) atoms. The Balaban J connectivity index is 0.000000298. The molecule has 8 heteroatoms. The smallest absolute Gasteiger partial charge is 0.231 e. The van der Waals surface area contributed by atoms with Crippen LogP contribution in [0.5, 0.6) is 0 Å². The normalized spacial score (nSPS) is 18.6. The lowest BCUT2D eigenvalue weighted by Crippen LogP contribution is -2.34. The van der Waals surface area contributed by atoms with E-state index in [1.807, 2.05) is 42.6 Å². The van der Waals surface area contributed by atoms with Crippen molar-refractivity contribution in [2.45, 2.75) is 70.7 Å². The number of benzene rings is 3. The maximum absolute atomic E-state index is 14.0. The van der Waals surface area contributed by atoms with Gasteiger partial charge in [0, 0.05) is 31.0 Å². The van der Waals surface area contributed by atoms with Crippen LogP contribution in [-0.4, -0.2) is 19.7 Å². The number of hydrogen-bond donors (Lipinski definition) is 1. The van der Waals surface area contributed by atoms with Gasteiger partial charge < -0.3 is 9.47 Å². The summed E-state index contributed by atoms with van der Waals surface area (Å²) in [6, 6.07) is 22.5. The van der Waals surface area contributed by atoms with Crippen LogP contribution in [0.1, 0.15) is 69.0 Å². The van der Waals surface area contributed by atoms with Crippen molar-refractivity contribution in [3.8, 4) is 0 Å². The number of fused-ring (bicyclic) bond motifs is 1. The monoisotopic (exact) mass is 602 g/mol. The predicted octanol–water partition coefficient (Wildman–Crippen LogP) is 7.11. The lowest BCUT2D eigenvalue weighted by atomic mass is 9.91. The van der Waals surface area contributed by atoms with E-state index in [4.69, 9.17) is 5.14 Å².